The van der Waals surface area contributed by atoms with E-state index in [9.17, 15) is 50.4 Å². The van der Waals surface area contributed by atoms with Crippen LogP contribution in [0, 0.1) is 34.5 Å². The summed E-state index contributed by atoms with van der Waals surface area (Å²) in [5.41, 5.74) is -0.853. The zero-order valence-electron chi connectivity index (χ0n) is 40.5. The van der Waals surface area contributed by atoms with E-state index in [1.807, 2.05) is 6.92 Å². The molecule has 4 aliphatic carbocycles. The van der Waals surface area contributed by atoms with E-state index < -0.39 is 134 Å². The summed E-state index contributed by atoms with van der Waals surface area (Å²) in [4.78, 5) is 24.5. The fraction of sp³-hybridized carbons (Fsp3) is 0.918. The van der Waals surface area contributed by atoms with E-state index in [4.69, 9.17) is 47.4 Å². The molecule has 26 unspecified atom stereocenters. The zero-order valence-corrected chi connectivity index (χ0v) is 40.5. The van der Waals surface area contributed by atoms with Gasteiger partial charge >= 0.3 is 11.9 Å². The number of cyclic esters (lactones) is 1. The molecule has 26 atom stereocenters. The quantitative estimate of drug-likeness (QED) is 0.104. The van der Waals surface area contributed by atoms with Gasteiger partial charge in [0.2, 0.25) is 0 Å². The number of ether oxygens (including phenoxy) is 10. The molecular formula is C49H76O20. The molecule has 0 spiro atoms. The molecule has 20 nitrogen and oxygen atoms in total. The number of esters is 2. The van der Waals surface area contributed by atoms with Crippen LogP contribution in [0.1, 0.15) is 112 Å². The van der Waals surface area contributed by atoms with Crippen molar-refractivity contribution in [3.63, 3.8) is 0 Å². The molecule has 392 valence electrons. The highest BCUT2D eigenvalue weighted by molar-refractivity contribution is 5.85. The minimum atomic E-state index is -1.66. The van der Waals surface area contributed by atoms with Gasteiger partial charge in [-0.1, -0.05) is 13.8 Å². The van der Waals surface area contributed by atoms with Crippen LogP contribution in [-0.2, 0) is 57.0 Å². The second-order valence-corrected chi connectivity index (χ2v) is 22.3. The van der Waals surface area contributed by atoms with Gasteiger partial charge in [0, 0.05) is 50.0 Å². The van der Waals surface area contributed by atoms with Crippen LogP contribution in [0.3, 0.4) is 0 Å². The molecule has 0 aromatic carbocycles. The van der Waals surface area contributed by atoms with Gasteiger partial charge in [-0.25, -0.2) is 4.79 Å². The van der Waals surface area contributed by atoms with Crippen molar-refractivity contribution in [2.75, 3.05) is 13.2 Å². The molecule has 0 bridgehead atoms. The monoisotopic (exact) mass is 984 g/mol. The molecule has 4 saturated carbocycles. The van der Waals surface area contributed by atoms with Crippen molar-refractivity contribution in [2.45, 2.75) is 234 Å². The number of rotatable bonds is 11. The molecule has 9 aliphatic rings. The first kappa shape index (κ1) is 51.9. The third kappa shape index (κ3) is 9.59. The average molecular weight is 985 g/mol. The lowest BCUT2D eigenvalue weighted by molar-refractivity contribution is -0.355. The molecule has 5 aliphatic heterocycles. The number of aliphatic hydroxyl groups excluding tert-OH is 7. The summed E-state index contributed by atoms with van der Waals surface area (Å²) in [5.74, 6) is -0.527. The number of carbonyl (C=O) groups excluding carboxylic acids is 2. The lowest BCUT2D eigenvalue weighted by Crippen LogP contribution is -2.62. The SMILES string of the molecule is CC(=O)OC1CC(OC2CCC3(C)C(CCC4C3CCC3(C)C(C5=CC(=O)OC5)C(O)CC43O)C2)OC(C)C1OC1CC(O)C(OC2CC(O)C(OC3OC(CO)C(O)C(O)C3O)C(C)O2)C(C)O1. The van der Waals surface area contributed by atoms with Gasteiger partial charge in [-0.2, -0.15) is 0 Å². The topological polar surface area (TPSA) is 288 Å². The van der Waals surface area contributed by atoms with E-state index >= 15 is 0 Å². The summed E-state index contributed by atoms with van der Waals surface area (Å²) >= 11 is 0. The third-order valence-electron chi connectivity index (χ3n) is 18.2. The molecule has 4 saturated heterocycles. The highest BCUT2D eigenvalue weighted by Gasteiger charge is 2.70. The number of fused-ring (bicyclic) bond motifs is 5. The fourth-order valence-corrected chi connectivity index (χ4v) is 14.7. The first-order chi connectivity index (χ1) is 32.6. The normalized spacial score (nSPS) is 53.3. The van der Waals surface area contributed by atoms with E-state index in [2.05, 4.69) is 13.8 Å². The summed E-state index contributed by atoms with van der Waals surface area (Å²) in [6.45, 7) is 10.5. The first-order valence-electron chi connectivity index (χ1n) is 25.3. The highest BCUT2D eigenvalue weighted by Crippen LogP contribution is 2.70. The average Bonchev–Trinajstić information content (AvgIpc) is 3.79. The van der Waals surface area contributed by atoms with Gasteiger partial charge in [0.05, 0.1) is 54.9 Å². The maximum Gasteiger partial charge on any atom is 0.331 e. The maximum absolute atomic E-state index is 12.7. The Labute approximate surface area is 402 Å². The van der Waals surface area contributed by atoms with E-state index in [1.54, 1.807) is 13.8 Å². The van der Waals surface area contributed by atoms with E-state index in [0.29, 0.717) is 12.3 Å². The molecule has 0 radical (unpaired) electrons. The van der Waals surface area contributed by atoms with Crippen molar-refractivity contribution in [1.82, 2.24) is 0 Å². The van der Waals surface area contributed by atoms with Crippen molar-refractivity contribution >= 4 is 11.9 Å². The van der Waals surface area contributed by atoms with Crippen molar-refractivity contribution < 1.29 is 97.8 Å². The molecule has 0 aromatic heterocycles. The smallest absolute Gasteiger partial charge is 0.331 e. The van der Waals surface area contributed by atoms with Crippen LogP contribution in [0.25, 0.3) is 0 Å². The van der Waals surface area contributed by atoms with Crippen molar-refractivity contribution in [2.24, 2.45) is 34.5 Å². The Kier molecular flexibility index (Phi) is 15.1. The lowest BCUT2D eigenvalue weighted by atomic mass is 9.43. The number of hydrogen-bond donors (Lipinski definition) is 8. The van der Waals surface area contributed by atoms with E-state index in [-0.39, 0.29) is 61.1 Å². The van der Waals surface area contributed by atoms with Gasteiger partial charge in [-0.05, 0) is 94.5 Å². The Morgan fingerprint density at radius 2 is 1.33 bits per heavy atom. The number of aliphatic hydroxyl groups is 8. The van der Waals surface area contributed by atoms with Crippen LogP contribution in [0.4, 0.5) is 0 Å². The van der Waals surface area contributed by atoms with E-state index in [1.165, 1.54) is 13.0 Å². The minimum absolute atomic E-state index is 0.00540. The molecule has 0 amide bonds. The molecule has 9 rings (SSSR count). The molecule has 5 heterocycles. The molecule has 20 heteroatoms. The Bertz CT molecular complexity index is 1850. The Morgan fingerprint density at radius 3 is 1.94 bits per heavy atom. The van der Waals surface area contributed by atoms with Gasteiger partial charge < -0.3 is 88.2 Å². The van der Waals surface area contributed by atoms with Gasteiger partial charge in [0.15, 0.2) is 25.2 Å². The minimum Gasteiger partial charge on any atom is -0.459 e. The van der Waals surface area contributed by atoms with Crippen molar-refractivity contribution in [3.05, 3.63) is 11.6 Å². The Hall–Kier alpha value is -1.96. The summed E-state index contributed by atoms with van der Waals surface area (Å²) in [6, 6.07) is 0. The van der Waals surface area contributed by atoms with Crippen LogP contribution in [0.15, 0.2) is 11.6 Å². The van der Waals surface area contributed by atoms with Gasteiger partial charge in [-0.15, -0.1) is 0 Å². The van der Waals surface area contributed by atoms with Gasteiger partial charge in [0.1, 0.15) is 55.4 Å². The molecule has 0 aromatic rings. The van der Waals surface area contributed by atoms with Crippen LogP contribution in [0.2, 0.25) is 0 Å². The Balaban J connectivity index is 0.767. The van der Waals surface area contributed by atoms with Gasteiger partial charge in [0.25, 0.3) is 0 Å². The van der Waals surface area contributed by atoms with Crippen LogP contribution < -0.4 is 0 Å². The third-order valence-corrected chi connectivity index (χ3v) is 18.2. The number of carbonyl (C=O) groups is 2. The molecule has 8 N–H and O–H groups in total. The van der Waals surface area contributed by atoms with Crippen LogP contribution in [-0.4, -0.2) is 188 Å². The highest BCUT2D eigenvalue weighted by atomic mass is 16.8. The summed E-state index contributed by atoms with van der Waals surface area (Å²) < 4.78 is 60.3. The molecule has 8 fully saturated rings. The Morgan fingerprint density at radius 1 is 0.710 bits per heavy atom. The number of hydrogen-bond acceptors (Lipinski definition) is 20. The predicted molar refractivity (Wildman–Crippen MR) is 235 cm³/mol. The first-order valence-corrected chi connectivity index (χ1v) is 25.3. The van der Waals surface area contributed by atoms with Crippen molar-refractivity contribution in [3.8, 4) is 0 Å². The van der Waals surface area contributed by atoms with Gasteiger partial charge in [-0.3, -0.25) is 4.79 Å². The standard InChI is InChI=1S/C49H76O20/c1-21-43(67-36-16-31(53)44(22(2)62-36)69-46-42(58)41(57)40(56)34(19-50)66-46)30(52)15-37(61-21)68-45-23(3)63-38(17-33(45)64-24(4)51)65-27-9-11-47(5)26(14-27)7-8-29-28(47)10-12-48(6)39(25-13-35(55)60-20-25)32(54)18-49(29,48)59/h13,21-23,26-34,36-46,50,52-54,56-59H,7-12,14-20H2,1-6H3. The summed E-state index contributed by atoms with van der Waals surface area (Å²) in [6.07, 6.45) is -10.9. The summed E-state index contributed by atoms with van der Waals surface area (Å²) in [7, 11) is 0. The van der Waals surface area contributed by atoms with E-state index in [0.717, 1.165) is 50.5 Å². The predicted octanol–water partition coefficient (Wildman–Crippen LogP) is 0.613. The second-order valence-electron chi connectivity index (χ2n) is 22.3. The van der Waals surface area contributed by atoms with Crippen LogP contribution in [0.5, 0.6) is 0 Å². The maximum atomic E-state index is 12.7. The molecule has 69 heavy (non-hydrogen) atoms. The second kappa shape index (κ2) is 20.0. The van der Waals surface area contributed by atoms with Crippen molar-refractivity contribution in [1.29, 1.82) is 0 Å². The fourth-order valence-electron chi connectivity index (χ4n) is 14.7. The zero-order chi connectivity index (χ0) is 49.5. The van der Waals surface area contributed by atoms with Crippen LogP contribution >= 0.6 is 0 Å². The molecular weight excluding hydrogens is 909 g/mol. The lowest BCUT2D eigenvalue weighted by Gasteiger charge is -2.63. The largest absolute Gasteiger partial charge is 0.459 e. The summed E-state index contributed by atoms with van der Waals surface area (Å²) in [5, 5.41) is 86.9.